The summed E-state index contributed by atoms with van der Waals surface area (Å²) in [5.74, 6) is -1.27. The fourth-order valence-electron chi connectivity index (χ4n) is 7.29. The number of nitrogens with zero attached hydrogens (tertiary/aromatic N) is 5. The van der Waals surface area contributed by atoms with E-state index in [9.17, 15) is 29.1 Å². The van der Waals surface area contributed by atoms with E-state index in [0.29, 0.717) is 44.6 Å². The molecule has 0 bridgehead atoms. The van der Waals surface area contributed by atoms with Crippen LogP contribution in [0.5, 0.6) is 0 Å². The van der Waals surface area contributed by atoms with Gasteiger partial charge in [-0.2, -0.15) is 11.8 Å². The number of alkyl carbamates (subject to hydrolysis) is 1. The van der Waals surface area contributed by atoms with Gasteiger partial charge in [-0.1, -0.05) is 118 Å². The molecule has 1 unspecified atom stereocenters. The summed E-state index contributed by atoms with van der Waals surface area (Å²) >= 11 is 4.92. The molecule has 2 aromatic heterocycles. The smallest absolute Gasteiger partial charge is 0.413 e. The average Bonchev–Trinajstić information content (AvgIpc) is 3.75. The first-order valence-corrected chi connectivity index (χ1v) is 25.6. The molecule has 0 spiro atoms. The zero-order chi connectivity index (χ0) is 49.4. The largest absolute Gasteiger partial charge is 0.480 e. The van der Waals surface area contributed by atoms with E-state index >= 15 is 0 Å². The highest BCUT2D eigenvalue weighted by Crippen LogP contribution is 2.48. The van der Waals surface area contributed by atoms with Crippen LogP contribution in [0.25, 0.3) is 0 Å². The van der Waals surface area contributed by atoms with Crippen LogP contribution in [0.1, 0.15) is 69.6 Å². The number of ether oxygens (including phenoxy) is 2. The van der Waals surface area contributed by atoms with Gasteiger partial charge in [0.25, 0.3) is 5.91 Å². The van der Waals surface area contributed by atoms with Gasteiger partial charge in [0.15, 0.2) is 5.71 Å². The van der Waals surface area contributed by atoms with E-state index in [1.165, 1.54) is 40.6 Å². The van der Waals surface area contributed by atoms with Crippen LogP contribution in [0.3, 0.4) is 0 Å². The third-order valence-corrected chi connectivity index (χ3v) is 15.3. The number of hydrogen-bond donors (Lipinski definition) is 4. The summed E-state index contributed by atoms with van der Waals surface area (Å²) in [5, 5.41) is 27.1. The number of amides is 4. The van der Waals surface area contributed by atoms with Gasteiger partial charge in [0.1, 0.15) is 43.1 Å². The minimum atomic E-state index is -1.45. The molecular weight excluding hydrogens is 961 g/mol. The highest BCUT2D eigenvalue weighted by Gasteiger charge is 2.58. The Labute approximate surface area is 416 Å². The number of fused-ring (bicyclic) bond motifs is 1. The van der Waals surface area contributed by atoms with Crippen molar-refractivity contribution in [1.29, 1.82) is 0 Å². The number of rotatable bonds is 17. The van der Waals surface area contributed by atoms with Crippen LogP contribution in [0, 0.1) is 0 Å². The van der Waals surface area contributed by atoms with Gasteiger partial charge in [-0.15, -0.1) is 16.9 Å². The van der Waals surface area contributed by atoms with Gasteiger partial charge in [0.05, 0.1) is 5.69 Å². The molecule has 4 amide bonds. The lowest BCUT2D eigenvalue weighted by molar-refractivity contribution is -0.151. The van der Waals surface area contributed by atoms with Gasteiger partial charge < -0.3 is 35.0 Å². The maximum absolute atomic E-state index is 14.7. The third-order valence-electron chi connectivity index (χ3n) is 10.3. The van der Waals surface area contributed by atoms with Crippen LogP contribution in [0.2, 0.25) is 0 Å². The first-order chi connectivity index (χ1) is 32.9. The molecule has 4 heterocycles. The number of carbonyl (C=O) groups excluding carboxylic acids is 4. The van der Waals surface area contributed by atoms with Gasteiger partial charge in [-0.25, -0.2) is 14.6 Å². The molecule has 4 N–H and O–H groups in total. The second-order valence-corrected chi connectivity index (χ2v) is 22.5. The molecule has 2 saturated heterocycles. The van der Waals surface area contributed by atoms with E-state index in [1.807, 2.05) is 91.0 Å². The molecule has 2 aliphatic heterocycles. The average molecular weight is 1010 g/mol. The fourth-order valence-corrected chi connectivity index (χ4v) is 12.1. The van der Waals surface area contributed by atoms with Crippen LogP contribution in [0.4, 0.5) is 15.4 Å². The second kappa shape index (κ2) is 21.6. The third kappa shape index (κ3) is 12.4. The van der Waals surface area contributed by atoms with Gasteiger partial charge in [-0.3, -0.25) is 19.7 Å². The molecular formula is C48H52N8O9S4. The Kier molecular flexibility index (Phi) is 15.9. The Balaban J connectivity index is 1.13. The number of carboxylic acids is 1. The van der Waals surface area contributed by atoms with Crippen molar-refractivity contribution < 1.29 is 43.4 Å². The predicted molar refractivity (Wildman–Crippen MR) is 267 cm³/mol. The van der Waals surface area contributed by atoms with Crippen molar-refractivity contribution in [3.05, 3.63) is 137 Å². The quantitative estimate of drug-likeness (QED) is 0.0230. The van der Waals surface area contributed by atoms with E-state index in [4.69, 9.17) is 14.3 Å². The summed E-state index contributed by atoms with van der Waals surface area (Å²) in [4.78, 5) is 79.5. The molecule has 2 aliphatic rings. The maximum Gasteiger partial charge on any atom is 0.413 e. The molecule has 362 valence electrons. The van der Waals surface area contributed by atoms with E-state index in [-0.39, 0.29) is 29.5 Å². The van der Waals surface area contributed by atoms with Crippen molar-refractivity contribution in [3.8, 4) is 0 Å². The van der Waals surface area contributed by atoms with E-state index in [2.05, 4.69) is 35.7 Å². The van der Waals surface area contributed by atoms with E-state index in [0.717, 1.165) is 23.3 Å². The SMILES string of the molecule is CC(C)(C)OC(=O)NCCSCc1nnsc1SC1(C(=O)O)CS[C@@H]2[C@H](NC(=O)C(=NOC(c3ccccc3)(c3ccccc3)c3ccccc3)c3cccc(NC(=O)OC(C)(C)C)n3)C(=O)N2C1. The summed E-state index contributed by atoms with van der Waals surface area (Å²) in [6.45, 7) is 10.7. The minimum Gasteiger partial charge on any atom is -0.480 e. The zero-order valence-corrected chi connectivity index (χ0v) is 41.9. The number of carboxylic acid groups (broad SMARTS) is 1. The minimum absolute atomic E-state index is 0.0109. The molecule has 69 heavy (non-hydrogen) atoms. The Morgan fingerprint density at radius 1 is 0.841 bits per heavy atom. The molecule has 2 fully saturated rings. The lowest BCUT2D eigenvalue weighted by atomic mass is 9.80. The van der Waals surface area contributed by atoms with Gasteiger partial charge in [-0.05, 0) is 65.2 Å². The number of aromatic nitrogens is 3. The number of oxime groups is 1. The summed E-state index contributed by atoms with van der Waals surface area (Å²) in [5.41, 5.74) is -0.393. The molecule has 0 saturated carbocycles. The first kappa shape index (κ1) is 50.7. The molecule has 3 atom stereocenters. The fraction of sp³-hybridized carbons (Fsp3) is 0.354. The lowest BCUT2D eigenvalue weighted by Crippen LogP contribution is -2.74. The first-order valence-electron chi connectivity index (χ1n) is 21.8. The normalized spacial score (nSPS) is 18.3. The van der Waals surface area contributed by atoms with Crippen LogP contribution in [-0.2, 0) is 40.0 Å². The molecule has 7 rings (SSSR count). The highest BCUT2D eigenvalue weighted by molar-refractivity contribution is 8.06. The van der Waals surface area contributed by atoms with Crippen LogP contribution in [-0.4, -0.2) is 112 Å². The van der Waals surface area contributed by atoms with E-state index < -0.39 is 62.9 Å². The van der Waals surface area contributed by atoms with Crippen LogP contribution >= 0.6 is 46.8 Å². The van der Waals surface area contributed by atoms with Crippen molar-refractivity contribution in [1.82, 2.24) is 30.1 Å². The zero-order valence-electron chi connectivity index (χ0n) is 38.7. The van der Waals surface area contributed by atoms with Gasteiger partial charge >= 0.3 is 18.2 Å². The Morgan fingerprint density at radius 2 is 1.43 bits per heavy atom. The molecule has 5 aromatic rings. The van der Waals surface area contributed by atoms with E-state index in [1.54, 1.807) is 47.6 Å². The Bertz CT molecular complexity index is 2570. The number of nitrogens with one attached hydrogen (secondary N) is 3. The number of anilines is 1. The number of β-lactam (4-membered cyclic amide) rings is 1. The number of pyridine rings is 1. The molecule has 3 aromatic carbocycles. The predicted octanol–water partition coefficient (Wildman–Crippen LogP) is 7.77. The number of aliphatic carboxylic acids is 1. The number of hydrogen-bond acceptors (Lipinski definition) is 16. The molecule has 17 nitrogen and oxygen atoms in total. The number of thioether (sulfide) groups is 3. The van der Waals surface area contributed by atoms with Crippen molar-refractivity contribution in [2.45, 2.75) is 84.5 Å². The summed E-state index contributed by atoms with van der Waals surface area (Å²) in [6, 6.07) is 31.9. The maximum atomic E-state index is 14.7. The van der Waals surface area contributed by atoms with Crippen LogP contribution in [0.15, 0.2) is 119 Å². The lowest BCUT2D eigenvalue weighted by Gasteiger charge is -2.53. The van der Waals surface area contributed by atoms with Crippen molar-refractivity contribution in [2.24, 2.45) is 5.16 Å². The number of carbonyl (C=O) groups is 5. The van der Waals surface area contributed by atoms with Gasteiger partial charge in [0, 0.05) is 47.0 Å². The molecule has 21 heteroatoms. The van der Waals surface area contributed by atoms with Crippen molar-refractivity contribution >= 4 is 88.3 Å². The Morgan fingerprint density at radius 3 is 2.01 bits per heavy atom. The monoisotopic (exact) mass is 1010 g/mol. The summed E-state index contributed by atoms with van der Waals surface area (Å²) in [7, 11) is 0. The summed E-state index contributed by atoms with van der Waals surface area (Å²) in [6.07, 6.45) is -1.28. The van der Waals surface area contributed by atoms with Gasteiger partial charge in [0.2, 0.25) is 11.5 Å². The molecule has 0 radical (unpaired) electrons. The highest BCUT2D eigenvalue weighted by atomic mass is 32.2. The second-order valence-electron chi connectivity index (χ2n) is 17.9. The Hall–Kier alpha value is -6.16. The number of benzene rings is 3. The molecule has 0 aliphatic carbocycles. The topological polar surface area (TPSA) is 224 Å². The standard InChI is InChI=1S/C48H52N8O9S4/c1-45(2,3)63-43(61)49-25-26-66-27-34-41(69-55-53-34)68-47(42(59)60)28-56-39(58)37(40(56)67-29-47)52-38(57)36(33-23-16-24-35(50-33)51-44(62)64-46(4,5)6)54-65-48(30-17-10-7-11-18-30,31-19-12-8-13-20-31)32-21-14-9-15-22-32/h7-24,37,40H,25-29H2,1-6H3,(H,49,61)(H,52,57)(H,59,60)(H,50,51,62)/t37-,40-,47?/m1/s1. The van der Waals surface area contributed by atoms with Crippen LogP contribution < -0.4 is 16.0 Å². The van der Waals surface area contributed by atoms with Crippen molar-refractivity contribution in [3.63, 3.8) is 0 Å². The van der Waals surface area contributed by atoms with Crippen molar-refractivity contribution in [2.75, 3.05) is 29.9 Å². The summed E-state index contributed by atoms with van der Waals surface area (Å²) < 4.78 is 14.0.